The van der Waals surface area contributed by atoms with Crippen LogP contribution >= 0.6 is 11.6 Å². The summed E-state index contributed by atoms with van der Waals surface area (Å²) < 4.78 is 13.2. The Hall–Kier alpha value is -2.07. The molecule has 108 valence electrons. The molecule has 5 heteroatoms. The van der Waals surface area contributed by atoms with E-state index < -0.39 is 5.82 Å². The smallest absolute Gasteiger partial charge is 0.225 e. The molecule has 1 amide bonds. The summed E-state index contributed by atoms with van der Waals surface area (Å²) in [6.45, 7) is 1.79. The van der Waals surface area contributed by atoms with Crippen LogP contribution in [0.5, 0.6) is 5.75 Å². The number of nitrogens with one attached hydrogen (secondary N) is 1. The van der Waals surface area contributed by atoms with Gasteiger partial charge in [0, 0.05) is 29.1 Å². The average Bonchev–Trinajstić information content (AvgIpc) is 2.40. The Morgan fingerprint density at radius 1 is 1.29 bits per heavy atom. The van der Waals surface area contributed by atoms with Crippen molar-refractivity contribution in [1.29, 1.82) is 0 Å². The third-order valence-electron chi connectivity index (χ3n) is 3.75. The number of carbonyl (C=O) groups is 1. The number of rotatable bonds is 1. The van der Waals surface area contributed by atoms with E-state index in [0.29, 0.717) is 21.8 Å². The zero-order valence-electron chi connectivity index (χ0n) is 11.3. The molecule has 0 aliphatic carbocycles. The van der Waals surface area contributed by atoms with Crippen molar-refractivity contribution in [3.8, 4) is 5.75 Å². The Bertz CT molecular complexity index is 745. The van der Waals surface area contributed by atoms with Gasteiger partial charge in [-0.1, -0.05) is 17.7 Å². The summed E-state index contributed by atoms with van der Waals surface area (Å²) in [5.41, 5.74) is 2.87. The van der Waals surface area contributed by atoms with Gasteiger partial charge < -0.3 is 10.4 Å². The van der Waals surface area contributed by atoms with Crippen LogP contribution in [-0.4, -0.2) is 11.0 Å². The van der Waals surface area contributed by atoms with Crippen LogP contribution in [0.4, 0.5) is 10.1 Å². The summed E-state index contributed by atoms with van der Waals surface area (Å²) in [4.78, 5) is 11.9. The molecule has 0 saturated carbocycles. The second kappa shape index (κ2) is 5.04. The van der Waals surface area contributed by atoms with Gasteiger partial charge in [-0.15, -0.1) is 0 Å². The van der Waals surface area contributed by atoms with Crippen LogP contribution in [0.25, 0.3) is 0 Å². The topological polar surface area (TPSA) is 49.3 Å². The average molecular weight is 306 g/mol. The quantitative estimate of drug-likeness (QED) is 0.837. The molecular weight excluding hydrogens is 293 g/mol. The van der Waals surface area contributed by atoms with Gasteiger partial charge in [0.05, 0.1) is 0 Å². The normalized spacial score (nSPS) is 17.3. The molecule has 1 aliphatic rings. The third kappa shape index (κ3) is 2.47. The highest BCUT2D eigenvalue weighted by Crippen LogP contribution is 2.42. The molecule has 0 radical (unpaired) electrons. The fourth-order valence-electron chi connectivity index (χ4n) is 2.67. The molecule has 1 unspecified atom stereocenters. The minimum atomic E-state index is -0.411. The van der Waals surface area contributed by atoms with E-state index >= 15 is 0 Å². The molecule has 2 aromatic rings. The van der Waals surface area contributed by atoms with Crippen LogP contribution in [0, 0.1) is 12.7 Å². The van der Waals surface area contributed by atoms with Crippen LogP contribution in [0.2, 0.25) is 5.02 Å². The molecule has 3 nitrogen and oxygen atoms in total. The number of benzene rings is 2. The number of aromatic hydroxyl groups is 1. The number of hydrogen-bond acceptors (Lipinski definition) is 2. The molecule has 0 bridgehead atoms. The van der Waals surface area contributed by atoms with Crippen molar-refractivity contribution in [3.05, 3.63) is 57.9 Å². The fraction of sp³-hybridized carbons (Fsp3) is 0.188. The van der Waals surface area contributed by atoms with Gasteiger partial charge in [0.25, 0.3) is 0 Å². The standard InChI is InChI=1S/C16H13ClFNO2/c1-8-4-12-11(10-3-2-9(18)5-13(10)17)6-16(21)19-14(12)7-15(8)20/h2-5,7,11,20H,6H2,1H3,(H,19,21). The maximum Gasteiger partial charge on any atom is 0.225 e. The van der Waals surface area contributed by atoms with Crippen molar-refractivity contribution >= 4 is 23.2 Å². The van der Waals surface area contributed by atoms with Gasteiger partial charge >= 0.3 is 0 Å². The SMILES string of the molecule is Cc1cc2c(cc1O)NC(=O)CC2c1ccc(F)cc1Cl. The highest BCUT2D eigenvalue weighted by molar-refractivity contribution is 6.31. The largest absolute Gasteiger partial charge is 0.508 e. The van der Waals surface area contributed by atoms with Crippen molar-refractivity contribution in [3.63, 3.8) is 0 Å². The van der Waals surface area contributed by atoms with E-state index in [-0.39, 0.29) is 24.0 Å². The predicted molar refractivity (Wildman–Crippen MR) is 79.3 cm³/mol. The molecule has 0 spiro atoms. The minimum Gasteiger partial charge on any atom is -0.508 e. The van der Waals surface area contributed by atoms with Gasteiger partial charge in [0.1, 0.15) is 11.6 Å². The van der Waals surface area contributed by atoms with Gasteiger partial charge in [0.2, 0.25) is 5.91 Å². The maximum atomic E-state index is 13.2. The van der Waals surface area contributed by atoms with E-state index in [1.165, 1.54) is 18.2 Å². The summed E-state index contributed by atoms with van der Waals surface area (Å²) in [5, 5.41) is 12.8. The first-order valence-electron chi connectivity index (χ1n) is 6.54. The number of halogens is 2. The Morgan fingerprint density at radius 3 is 2.76 bits per heavy atom. The number of amides is 1. The summed E-state index contributed by atoms with van der Waals surface area (Å²) in [6.07, 6.45) is 0.239. The third-order valence-corrected chi connectivity index (χ3v) is 4.07. The Labute approximate surface area is 126 Å². The minimum absolute atomic E-state index is 0.125. The number of fused-ring (bicyclic) bond motifs is 1. The summed E-state index contributed by atoms with van der Waals surface area (Å²) in [7, 11) is 0. The number of hydrogen-bond donors (Lipinski definition) is 2. The summed E-state index contributed by atoms with van der Waals surface area (Å²) >= 11 is 6.13. The van der Waals surface area contributed by atoms with Gasteiger partial charge in [-0.05, 0) is 41.8 Å². The molecular formula is C16H13ClFNO2. The lowest BCUT2D eigenvalue weighted by molar-refractivity contribution is -0.116. The van der Waals surface area contributed by atoms with Crippen molar-refractivity contribution in [2.75, 3.05) is 5.32 Å². The Balaban J connectivity index is 2.16. The van der Waals surface area contributed by atoms with Gasteiger partial charge in [-0.2, -0.15) is 0 Å². The van der Waals surface area contributed by atoms with Gasteiger partial charge in [0.15, 0.2) is 0 Å². The van der Waals surface area contributed by atoms with Crippen LogP contribution < -0.4 is 5.32 Å². The van der Waals surface area contributed by atoms with Crippen LogP contribution in [-0.2, 0) is 4.79 Å². The van der Waals surface area contributed by atoms with Gasteiger partial charge in [-0.3, -0.25) is 4.79 Å². The molecule has 1 atom stereocenters. The molecule has 1 heterocycles. The molecule has 1 aliphatic heterocycles. The van der Waals surface area contributed by atoms with E-state index in [1.807, 2.05) is 6.07 Å². The molecule has 3 rings (SSSR count). The molecule has 0 aromatic heterocycles. The van der Waals surface area contributed by atoms with Crippen LogP contribution in [0.3, 0.4) is 0 Å². The first-order valence-corrected chi connectivity index (χ1v) is 6.92. The zero-order valence-corrected chi connectivity index (χ0v) is 12.0. The number of carbonyl (C=O) groups excluding carboxylic acids is 1. The molecule has 0 fully saturated rings. The first kappa shape index (κ1) is 13.9. The lowest BCUT2D eigenvalue weighted by Crippen LogP contribution is -2.23. The number of phenolic OH excluding ortho intramolecular Hbond substituents is 1. The second-order valence-electron chi connectivity index (χ2n) is 5.20. The van der Waals surface area contributed by atoms with E-state index in [0.717, 1.165) is 5.56 Å². The predicted octanol–water partition coefficient (Wildman–Crippen LogP) is 3.97. The van der Waals surface area contributed by atoms with Crippen molar-refractivity contribution in [2.45, 2.75) is 19.3 Å². The maximum absolute atomic E-state index is 13.2. The Kier molecular flexibility index (Phi) is 3.33. The molecule has 2 N–H and O–H groups in total. The summed E-state index contributed by atoms with van der Waals surface area (Å²) in [6, 6.07) is 7.55. The number of anilines is 1. The van der Waals surface area contributed by atoms with Crippen molar-refractivity contribution < 1.29 is 14.3 Å². The first-order chi connectivity index (χ1) is 9.95. The number of phenols is 1. The highest BCUT2D eigenvalue weighted by atomic mass is 35.5. The fourth-order valence-corrected chi connectivity index (χ4v) is 2.97. The second-order valence-corrected chi connectivity index (χ2v) is 5.60. The van der Waals surface area contributed by atoms with Crippen LogP contribution in [0.1, 0.15) is 29.0 Å². The van der Waals surface area contributed by atoms with E-state index in [2.05, 4.69) is 5.32 Å². The molecule has 2 aromatic carbocycles. The lowest BCUT2D eigenvalue weighted by atomic mass is 9.84. The van der Waals surface area contributed by atoms with Gasteiger partial charge in [-0.25, -0.2) is 4.39 Å². The monoisotopic (exact) mass is 305 g/mol. The van der Waals surface area contributed by atoms with Crippen LogP contribution in [0.15, 0.2) is 30.3 Å². The van der Waals surface area contributed by atoms with E-state index in [4.69, 9.17) is 11.6 Å². The van der Waals surface area contributed by atoms with Crippen molar-refractivity contribution in [1.82, 2.24) is 0 Å². The number of aryl methyl sites for hydroxylation is 1. The summed E-state index contributed by atoms with van der Waals surface area (Å²) in [5.74, 6) is -0.691. The Morgan fingerprint density at radius 2 is 2.05 bits per heavy atom. The van der Waals surface area contributed by atoms with Crippen molar-refractivity contribution in [2.24, 2.45) is 0 Å². The van der Waals surface area contributed by atoms with E-state index in [1.54, 1.807) is 13.0 Å². The highest BCUT2D eigenvalue weighted by Gasteiger charge is 2.28. The molecule has 0 saturated heterocycles. The van der Waals surface area contributed by atoms with E-state index in [9.17, 15) is 14.3 Å². The lowest BCUT2D eigenvalue weighted by Gasteiger charge is -2.27. The molecule has 21 heavy (non-hydrogen) atoms. The zero-order chi connectivity index (χ0) is 15.1.